The summed E-state index contributed by atoms with van der Waals surface area (Å²) in [7, 11) is 0. The van der Waals surface area contributed by atoms with Crippen molar-refractivity contribution in [2.75, 3.05) is 0 Å². The minimum atomic E-state index is 0.964. The molecule has 4 nitrogen and oxygen atoms in total. The smallest absolute Gasteiger partial charge is 0.124 e. The highest BCUT2D eigenvalue weighted by molar-refractivity contribution is 7.21. The predicted molar refractivity (Wildman–Crippen MR) is 166 cm³/mol. The molecule has 4 aromatic carbocycles. The van der Waals surface area contributed by atoms with Crippen LogP contribution >= 0.6 is 11.3 Å². The Bertz CT molecular complexity index is 2160. The summed E-state index contributed by atoms with van der Waals surface area (Å²) in [6.07, 6.45) is 5.53. The van der Waals surface area contributed by atoms with Gasteiger partial charge >= 0.3 is 0 Å². The summed E-state index contributed by atoms with van der Waals surface area (Å²) < 4.78 is 3.53. The number of rotatable bonds is 4. The highest BCUT2D eigenvalue weighted by Crippen LogP contribution is 2.38. The lowest BCUT2D eigenvalue weighted by atomic mass is 10.1. The monoisotopic (exact) mass is 530 g/mol. The van der Waals surface area contributed by atoms with Crippen LogP contribution in [0.1, 0.15) is 0 Å². The van der Waals surface area contributed by atoms with Crippen molar-refractivity contribution in [1.29, 1.82) is 0 Å². The van der Waals surface area contributed by atoms with Crippen LogP contribution in [0.2, 0.25) is 0 Å². The first kappa shape index (κ1) is 22.8. The largest absolute Gasteiger partial charge is 0.309 e. The van der Waals surface area contributed by atoms with Gasteiger partial charge in [-0.3, -0.25) is 9.97 Å². The van der Waals surface area contributed by atoms with E-state index in [1.54, 1.807) is 17.5 Å². The normalized spacial score (nSPS) is 11.5. The maximum absolute atomic E-state index is 5.07. The number of aromatic nitrogens is 4. The van der Waals surface area contributed by atoms with Crippen LogP contribution in [-0.2, 0) is 0 Å². The van der Waals surface area contributed by atoms with Crippen molar-refractivity contribution in [2.45, 2.75) is 0 Å². The van der Waals surface area contributed by atoms with Crippen LogP contribution in [0.3, 0.4) is 0 Å². The molecule has 0 aliphatic carbocycles. The number of hydrogen-bond donors (Lipinski definition) is 0. The average molecular weight is 531 g/mol. The summed E-state index contributed by atoms with van der Waals surface area (Å²) in [5.74, 6) is 0. The summed E-state index contributed by atoms with van der Waals surface area (Å²) >= 11 is 1.73. The molecule has 0 N–H and O–H groups in total. The maximum Gasteiger partial charge on any atom is 0.124 e. The highest BCUT2D eigenvalue weighted by Gasteiger charge is 2.15. The summed E-state index contributed by atoms with van der Waals surface area (Å²) in [6, 6.07) is 40.5. The molecule has 0 atom stereocenters. The zero-order chi connectivity index (χ0) is 26.5. The lowest BCUT2D eigenvalue weighted by molar-refractivity contribution is 1.18. The summed E-state index contributed by atoms with van der Waals surface area (Å²) in [5.41, 5.74) is 9.84. The fourth-order valence-corrected chi connectivity index (χ4v) is 6.43. The van der Waals surface area contributed by atoms with Gasteiger partial charge in [-0.25, -0.2) is 4.98 Å². The summed E-state index contributed by atoms with van der Waals surface area (Å²) in [5, 5.41) is 3.47. The molecule has 40 heavy (non-hydrogen) atoms. The second-order valence-corrected chi connectivity index (χ2v) is 10.8. The molecule has 8 rings (SSSR count). The van der Waals surface area contributed by atoms with E-state index in [4.69, 9.17) is 4.98 Å². The van der Waals surface area contributed by atoms with E-state index in [0.717, 1.165) is 49.7 Å². The number of para-hydroxylation sites is 1. The number of pyridine rings is 2. The second kappa shape index (κ2) is 9.26. The third-order valence-electron chi connectivity index (χ3n) is 7.37. The third kappa shape index (κ3) is 3.79. The topological polar surface area (TPSA) is 43.6 Å². The minimum absolute atomic E-state index is 0.964. The van der Waals surface area contributed by atoms with Crippen LogP contribution in [0.5, 0.6) is 0 Å². The van der Waals surface area contributed by atoms with Crippen molar-refractivity contribution < 1.29 is 0 Å². The van der Waals surface area contributed by atoms with Crippen molar-refractivity contribution in [1.82, 2.24) is 19.5 Å². The summed E-state index contributed by atoms with van der Waals surface area (Å²) in [6.45, 7) is 0. The van der Waals surface area contributed by atoms with Gasteiger partial charge in [0.15, 0.2) is 0 Å². The first-order valence-corrected chi connectivity index (χ1v) is 14.0. The Morgan fingerprint density at radius 3 is 2.35 bits per heavy atom. The van der Waals surface area contributed by atoms with Crippen molar-refractivity contribution in [2.24, 2.45) is 0 Å². The molecule has 8 aromatic rings. The lowest BCUT2D eigenvalue weighted by Gasteiger charge is -2.10. The van der Waals surface area contributed by atoms with Gasteiger partial charge in [0.2, 0.25) is 0 Å². The Hall–Kier alpha value is -5.13. The van der Waals surface area contributed by atoms with Crippen LogP contribution in [0, 0.1) is 0 Å². The van der Waals surface area contributed by atoms with Gasteiger partial charge in [-0.15, -0.1) is 11.3 Å². The van der Waals surface area contributed by atoms with E-state index in [2.05, 4.69) is 112 Å². The van der Waals surface area contributed by atoms with Crippen LogP contribution < -0.4 is 0 Å². The van der Waals surface area contributed by atoms with E-state index in [1.165, 1.54) is 21.0 Å². The fraction of sp³-hybridized carbons (Fsp3) is 0. The van der Waals surface area contributed by atoms with E-state index >= 15 is 0 Å². The average Bonchev–Trinajstić information content (AvgIpc) is 3.60. The summed E-state index contributed by atoms with van der Waals surface area (Å²) in [4.78, 5) is 13.9. The fourth-order valence-electron chi connectivity index (χ4n) is 5.48. The molecule has 5 heteroatoms. The molecular formula is C35H22N4S. The number of nitrogens with zero attached hydrogens (tertiary/aromatic N) is 4. The van der Waals surface area contributed by atoms with Crippen molar-refractivity contribution >= 4 is 43.4 Å². The second-order valence-electron chi connectivity index (χ2n) is 9.79. The predicted octanol–water partition coefficient (Wildman–Crippen LogP) is 9.18. The van der Waals surface area contributed by atoms with Crippen LogP contribution in [0.15, 0.2) is 134 Å². The van der Waals surface area contributed by atoms with Gasteiger partial charge in [0.05, 0.1) is 26.9 Å². The molecule has 188 valence electrons. The maximum atomic E-state index is 5.07. The molecule has 0 bridgehead atoms. The van der Waals surface area contributed by atoms with E-state index in [1.807, 2.05) is 30.6 Å². The molecule has 0 saturated heterocycles. The molecule has 0 saturated carbocycles. The van der Waals surface area contributed by atoms with Crippen LogP contribution in [-0.4, -0.2) is 19.5 Å². The first-order valence-electron chi connectivity index (χ1n) is 13.2. The van der Waals surface area contributed by atoms with Crippen molar-refractivity contribution in [3.8, 4) is 38.6 Å². The van der Waals surface area contributed by atoms with E-state index in [0.29, 0.717) is 0 Å². The zero-order valence-corrected chi connectivity index (χ0v) is 22.2. The Morgan fingerprint density at radius 2 is 1.45 bits per heavy atom. The Morgan fingerprint density at radius 1 is 0.575 bits per heavy atom. The highest BCUT2D eigenvalue weighted by atomic mass is 32.1. The molecule has 0 amide bonds. The number of thiazole rings is 1. The molecule has 0 aliphatic heterocycles. The molecule has 0 spiro atoms. The molecule has 0 unspecified atom stereocenters. The SMILES string of the molecule is c1ccc(-c2cccc(-n3c4ccccc4c4ccc(-c5nc6cc(-c7cccnc7)ccc6s5)cc43)c2)nc1. The lowest BCUT2D eigenvalue weighted by Crippen LogP contribution is -1.95. The van der Waals surface area contributed by atoms with Crippen LogP contribution in [0.4, 0.5) is 0 Å². The van der Waals surface area contributed by atoms with Gasteiger partial charge in [0.1, 0.15) is 5.01 Å². The zero-order valence-electron chi connectivity index (χ0n) is 21.4. The van der Waals surface area contributed by atoms with Crippen molar-refractivity contribution in [3.05, 3.63) is 134 Å². The Labute approximate surface area is 234 Å². The van der Waals surface area contributed by atoms with Gasteiger partial charge < -0.3 is 4.57 Å². The van der Waals surface area contributed by atoms with Gasteiger partial charge in [-0.1, -0.05) is 60.7 Å². The standard InChI is InChI=1S/C35H22N4S/c1-2-12-32-28(10-1)29-15-13-25(35-38-31-20-23(14-16-34(31)40-35)26-8-6-17-36-22-26)21-33(29)39(32)27-9-5-7-24(19-27)30-11-3-4-18-37-30/h1-22H. The van der Waals surface area contributed by atoms with Gasteiger partial charge in [0.25, 0.3) is 0 Å². The van der Waals surface area contributed by atoms with Gasteiger partial charge in [-0.05, 0) is 60.2 Å². The Kier molecular flexibility index (Phi) is 5.28. The Balaban J connectivity index is 1.29. The van der Waals surface area contributed by atoms with E-state index in [9.17, 15) is 0 Å². The van der Waals surface area contributed by atoms with Gasteiger partial charge in [-0.2, -0.15) is 0 Å². The number of hydrogen-bond acceptors (Lipinski definition) is 4. The molecule has 0 fully saturated rings. The molecular weight excluding hydrogens is 508 g/mol. The van der Waals surface area contributed by atoms with E-state index in [-0.39, 0.29) is 0 Å². The minimum Gasteiger partial charge on any atom is -0.309 e. The number of benzene rings is 4. The van der Waals surface area contributed by atoms with E-state index < -0.39 is 0 Å². The van der Waals surface area contributed by atoms with Crippen LogP contribution in [0.25, 0.3) is 70.7 Å². The first-order chi connectivity index (χ1) is 19.8. The molecule has 0 aliphatic rings. The molecule has 4 aromatic heterocycles. The number of fused-ring (bicyclic) bond motifs is 4. The van der Waals surface area contributed by atoms with Crippen molar-refractivity contribution in [3.63, 3.8) is 0 Å². The third-order valence-corrected chi connectivity index (χ3v) is 8.45. The quantitative estimate of drug-likeness (QED) is 0.228. The molecule has 4 heterocycles. The molecule has 0 radical (unpaired) electrons. The van der Waals surface area contributed by atoms with Gasteiger partial charge in [0, 0.05) is 51.7 Å².